The zero-order valence-electron chi connectivity index (χ0n) is 23.5. The number of rotatable bonds is 6. The van der Waals surface area contributed by atoms with E-state index in [4.69, 9.17) is 11.6 Å². The monoisotopic (exact) mass is 583 g/mol. The van der Waals surface area contributed by atoms with Gasteiger partial charge in [-0.25, -0.2) is 0 Å². The fourth-order valence-electron chi connectivity index (χ4n) is 5.72. The molecule has 3 heterocycles. The van der Waals surface area contributed by atoms with E-state index in [0.29, 0.717) is 42.3 Å². The quantitative estimate of drug-likeness (QED) is 0.445. The Morgan fingerprint density at radius 2 is 1.36 bits per heavy atom. The molecule has 216 valence electrons. The second kappa shape index (κ2) is 12.5. The minimum Gasteiger partial charge on any atom is -0.331 e. The average Bonchev–Trinajstić information content (AvgIpc) is 3.52. The number of hydrogen-bond acceptors (Lipinski definition) is 5. The first-order valence-electron chi connectivity index (χ1n) is 14.4. The van der Waals surface area contributed by atoms with Crippen LogP contribution in [0, 0.1) is 0 Å². The van der Waals surface area contributed by atoms with E-state index in [2.05, 4.69) is 22.3 Å². The second-order valence-corrected chi connectivity index (χ2v) is 11.5. The van der Waals surface area contributed by atoms with Gasteiger partial charge >= 0.3 is 0 Å². The van der Waals surface area contributed by atoms with Crippen molar-refractivity contribution in [2.45, 2.75) is 19.6 Å². The summed E-state index contributed by atoms with van der Waals surface area (Å²) in [6.45, 7) is 6.55. The Morgan fingerprint density at radius 3 is 2.05 bits per heavy atom. The Morgan fingerprint density at radius 1 is 0.738 bits per heavy atom. The number of nitrogens with zero attached hydrogens (tertiary/aromatic N) is 4. The molecule has 0 atom stereocenters. The fourth-order valence-corrected chi connectivity index (χ4v) is 5.84. The average molecular weight is 584 g/mol. The number of halogens is 1. The van der Waals surface area contributed by atoms with Gasteiger partial charge in [-0.15, -0.1) is 0 Å². The number of carbonyl (C=O) groups excluding carboxylic acids is 3. The first-order valence-corrected chi connectivity index (χ1v) is 14.8. The van der Waals surface area contributed by atoms with E-state index in [-0.39, 0.29) is 24.3 Å². The summed E-state index contributed by atoms with van der Waals surface area (Å²) in [6.07, 6.45) is 3.98. The van der Waals surface area contributed by atoms with E-state index in [0.717, 1.165) is 55.1 Å². The molecule has 3 aliphatic heterocycles. The summed E-state index contributed by atoms with van der Waals surface area (Å²) in [5, 5.41) is 3.94. The number of fused-ring (bicyclic) bond motifs is 1. The Hall–Kier alpha value is -3.98. The molecule has 0 bridgehead atoms. The van der Waals surface area contributed by atoms with Crippen molar-refractivity contribution in [3.63, 3.8) is 0 Å². The maximum absolute atomic E-state index is 13.9. The van der Waals surface area contributed by atoms with Gasteiger partial charge in [0.25, 0.3) is 11.8 Å². The van der Waals surface area contributed by atoms with Crippen LogP contribution in [0.25, 0.3) is 0 Å². The van der Waals surface area contributed by atoms with Gasteiger partial charge in [-0.2, -0.15) is 0 Å². The lowest BCUT2D eigenvalue weighted by atomic mass is 10.1. The number of anilines is 1. The molecule has 3 amide bonds. The molecule has 42 heavy (non-hydrogen) atoms. The van der Waals surface area contributed by atoms with Crippen LogP contribution in [0.3, 0.4) is 0 Å². The standard InChI is InChI=1S/C33H34ClN5O3/c34-29-11-9-27(10-12-29)33(42)38-22-28-8-5-25(20-36-17-13-35-14-18-36)19-30(28)39(31(40)23-38)21-24-3-6-26(7-4-24)32(41)37-15-1-2-16-37/h1-12,19,35H,13-18,20-23H2. The molecule has 0 aliphatic carbocycles. The summed E-state index contributed by atoms with van der Waals surface area (Å²) in [5.74, 6) is -0.368. The van der Waals surface area contributed by atoms with Crippen molar-refractivity contribution in [3.05, 3.63) is 112 Å². The van der Waals surface area contributed by atoms with Crippen molar-refractivity contribution in [1.29, 1.82) is 0 Å². The van der Waals surface area contributed by atoms with Crippen LogP contribution in [0.15, 0.2) is 78.9 Å². The molecule has 3 aromatic carbocycles. The molecule has 0 aromatic heterocycles. The van der Waals surface area contributed by atoms with Crippen molar-refractivity contribution in [3.8, 4) is 0 Å². The number of hydrogen-bond donors (Lipinski definition) is 1. The van der Waals surface area contributed by atoms with Crippen LogP contribution >= 0.6 is 11.6 Å². The van der Waals surface area contributed by atoms with E-state index in [9.17, 15) is 14.4 Å². The van der Waals surface area contributed by atoms with E-state index in [1.165, 1.54) is 0 Å². The van der Waals surface area contributed by atoms with Crippen LogP contribution in [0.2, 0.25) is 5.02 Å². The molecule has 3 aromatic rings. The van der Waals surface area contributed by atoms with Crippen LogP contribution in [-0.2, 0) is 24.4 Å². The Balaban J connectivity index is 1.28. The van der Waals surface area contributed by atoms with Gasteiger partial charge in [0.1, 0.15) is 6.54 Å². The second-order valence-electron chi connectivity index (χ2n) is 11.0. The molecule has 0 unspecified atom stereocenters. The molecule has 0 saturated carbocycles. The molecule has 0 radical (unpaired) electrons. The van der Waals surface area contributed by atoms with Gasteiger partial charge in [-0.1, -0.05) is 48.0 Å². The van der Waals surface area contributed by atoms with E-state index >= 15 is 0 Å². The largest absolute Gasteiger partial charge is 0.331 e. The first kappa shape index (κ1) is 28.2. The Bertz CT molecular complexity index is 1490. The number of amides is 3. The van der Waals surface area contributed by atoms with Crippen LogP contribution < -0.4 is 10.2 Å². The lowest BCUT2D eigenvalue weighted by Crippen LogP contribution is -2.42. The Labute approximate surface area is 251 Å². The third-order valence-corrected chi connectivity index (χ3v) is 8.32. The molecule has 8 nitrogen and oxygen atoms in total. The predicted molar refractivity (Wildman–Crippen MR) is 163 cm³/mol. The van der Waals surface area contributed by atoms with Crippen molar-refractivity contribution in [1.82, 2.24) is 20.0 Å². The highest BCUT2D eigenvalue weighted by atomic mass is 35.5. The third-order valence-electron chi connectivity index (χ3n) is 8.07. The van der Waals surface area contributed by atoms with Gasteiger partial charge in [0.15, 0.2) is 0 Å². The summed E-state index contributed by atoms with van der Waals surface area (Å²) in [4.78, 5) is 47.7. The number of benzene rings is 3. The fraction of sp³-hybridized carbons (Fsp3) is 0.303. The highest BCUT2D eigenvalue weighted by Crippen LogP contribution is 2.30. The minimum absolute atomic E-state index is 0.00310. The smallest absolute Gasteiger partial charge is 0.254 e. The molecule has 0 spiro atoms. The summed E-state index contributed by atoms with van der Waals surface area (Å²) in [6, 6.07) is 20.5. The number of piperazine rings is 1. The SMILES string of the molecule is O=C(c1ccc(CN2C(=O)CN(C(=O)c3ccc(Cl)cc3)Cc3ccc(CN4CCNCC4)cc32)cc1)N1CC=CC1. The van der Waals surface area contributed by atoms with Gasteiger partial charge in [0.05, 0.1) is 6.54 Å². The van der Waals surface area contributed by atoms with Crippen molar-refractivity contribution < 1.29 is 14.4 Å². The molecule has 3 aliphatic rings. The highest BCUT2D eigenvalue weighted by molar-refractivity contribution is 6.30. The maximum atomic E-state index is 13.9. The predicted octanol–water partition coefficient (Wildman–Crippen LogP) is 3.95. The Kier molecular flexibility index (Phi) is 8.37. The molecular weight excluding hydrogens is 550 g/mol. The molecule has 1 N–H and O–H groups in total. The topological polar surface area (TPSA) is 76.2 Å². The molecule has 9 heteroatoms. The lowest BCUT2D eigenvalue weighted by molar-refractivity contribution is -0.119. The van der Waals surface area contributed by atoms with Crippen LogP contribution in [0.5, 0.6) is 0 Å². The minimum atomic E-state index is -0.211. The van der Waals surface area contributed by atoms with E-state index < -0.39 is 0 Å². The summed E-state index contributed by atoms with van der Waals surface area (Å²) >= 11 is 6.04. The number of nitrogens with one attached hydrogen (secondary N) is 1. The summed E-state index contributed by atoms with van der Waals surface area (Å²) in [5.41, 5.74) is 4.90. The molecule has 6 rings (SSSR count). The zero-order chi connectivity index (χ0) is 29.1. The highest BCUT2D eigenvalue weighted by Gasteiger charge is 2.30. The van der Waals surface area contributed by atoms with Gasteiger partial charge in [0, 0.05) is 74.2 Å². The lowest BCUT2D eigenvalue weighted by Gasteiger charge is -2.28. The molecule has 1 fully saturated rings. The van der Waals surface area contributed by atoms with Crippen molar-refractivity contribution >= 4 is 35.0 Å². The molecule has 1 saturated heterocycles. The van der Waals surface area contributed by atoms with E-state index in [1.54, 1.807) is 39.0 Å². The number of carbonyl (C=O) groups is 3. The van der Waals surface area contributed by atoms with Crippen LogP contribution in [0.1, 0.15) is 37.4 Å². The first-order chi connectivity index (χ1) is 20.4. The normalized spacial score (nSPS) is 17.4. The summed E-state index contributed by atoms with van der Waals surface area (Å²) in [7, 11) is 0. The zero-order valence-corrected chi connectivity index (χ0v) is 24.2. The van der Waals surface area contributed by atoms with Crippen LogP contribution in [-0.4, -0.2) is 78.2 Å². The van der Waals surface area contributed by atoms with Gasteiger partial charge in [-0.05, 0) is 59.2 Å². The van der Waals surface area contributed by atoms with Crippen molar-refractivity contribution in [2.75, 3.05) is 50.7 Å². The van der Waals surface area contributed by atoms with Gasteiger partial charge in [-0.3, -0.25) is 19.3 Å². The maximum Gasteiger partial charge on any atom is 0.254 e. The summed E-state index contributed by atoms with van der Waals surface area (Å²) < 4.78 is 0. The third kappa shape index (κ3) is 6.26. The molecular formula is C33H34ClN5O3. The van der Waals surface area contributed by atoms with Crippen molar-refractivity contribution in [2.24, 2.45) is 0 Å². The van der Waals surface area contributed by atoms with Gasteiger partial charge < -0.3 is 20.0 Å². The van der Waals surface area contributed by atoms with E-state index in [1.807, 2.05) is 42.5 Å². The van der Waals surface area contributed by atoms with Crippen LogP contribution in [0.4, 0.5) is 5.69 Å². The van der Waals surface area contributed by atoms with Gasteiger partial charge in [0.2, 0.25) is 5.91 Å².